The van der Waals surface area contributed by atoms with E-state index in [-0.39, 0.29) is 6.03 Å². The molecule has 0 radical (unpaired) electrons. The first-order valence-corrected chi connectivity index (χ1v) is 12.2. The molecule has 0 saturated heterocycles. The maximum Gasteiger partial charge on any atom is 0.326 e. The average Bonchev–Trinajstić information content (AvgIpc) is 3.35. The van der Waals surface area contributed by atoms with Gasteiger partial charge in [0.05, 0.1) is 11.6 Å². The number of carbonyl (C=O) groups is 1. The van der Waals surface area contributed by atoms with E-state index in [4.69, 9.17) is 23.2 Å². The number of hydrogen-bond acceptors (Lipinski definition) is 3. The van der Waals surface area contributed by atoms with Crippen molar-refractivity contribution in [1.82, 2.24) is 5.32 Å². The first kappa shape index (κ1) is 24.1. The highest BCUT2D eigenvalue weighted by Gasteiger charge is 2.19. The van der Waals surface area contributed by atoms with Crippen LogP contribution in [0.2, 0.25) is 10.0 Å². The second-order valence-electron chi connectivity index (χ2n) is 8.41. The molecule has 2 amide bonds. The lowest BCUT2D eigenvalue weighted by Gasteiger charge is -2.25. The molecule has 174 valence electrons. The van der Waals surface area contributed by atoms with Crippen LogP contribution in [0, 0.1) is 11.3 Å². The van der Waals surface area contributed by atoms with E-state index in [1.807, 2.05) is 42.5 Å². The number of anilines is 2. The molecule has 3 aromatic carbocycles. The second kappa shape index (κ2) is 11.4. The van der Waals surface area contributed by atoms with Crippen molar-refractivity contribution in [1.29, 1.82) is 5.26 Å². The third-order valence-corrected chi connectivity index (χ3v) is 6.42. The molecule has 3 aromatic rings. The van der Waals surface area contributed by atoms with Crippen LogP contribution in [-0.4, -0.2) is 25.2 Å². The summed E-state index contributed by atoms with van der Waals surface area (Å²) in [7, 11) is 0. The quantitative estimate of drug-likeness (QED) is 0.369. The molecule has 1 aliphatic carbocycles. The highest BCUT2D eigenvalue weighted by molar-refractivity contribution is 6.35. The summed E-state index contributed by atoms with van der Waals surface area (Å²) in [6.45, 7) is 1.21. The van der Waals surface area contributed by atoms with E-state index < -0.39 is 0 Å². The largest absolute Gasteiger partial charge is 0.326 e. The van der Waals surface area contributed by atoms with Gasteiger partial charge in [-0.05, 0) is 66.4 Å². The third-order valence-electron chi connectivity index (χ3n) is 5.99. The van der Waals surface area contributed by atoms with E-state index >= 15 is 0 Å². The minimum atomic E-state index is -0.259. The Hall–Kier alpha value is -3.04. The van der Waals surface area contributed by atoms with Gasteiger partial charge in [0.1, 0.15) is 0 Å². The molecule has 34 heavy (non-hydrogen) atoms. The molecule has 5 nitrogen and oxygen atoms in total. The van der Waals surface area contributed by atoms with E-state index in [1.165, 1.54) is 25.7 Å². The van der Waals surface area contributed by atoms with Crippen molar-refractivity contribution in [2.24, 2.45) is 0 Å². The number of hydrogen-bond donors (Lipinski definition) is 2. The van der Waals surface area contributed by atoms with E-state index in [2.05, 4.69) is 16.7 Å². The minimum Gasteiger partial charge on any atom is -0.312 e. The monoisotopic (exact) mass is 492 g/mol. The Morgan fingerprint density at radius 2 is 1.68 bits per heavy atom. The van der Waals surface area contributed by atoms with E-state index in [9.17, 15) is 10.1 Å². The number of amides is 2. The number of urea groups is 1. The number of rotatable bonds is 7. The molecular formula is C27H26Cl2N4O. The molecule has 1 saturated carbocycles. The Kier molecular flexibility index (Phi) is 8.08. The van der Waals surface area contributed by atoms with E-state index in [1.54, 1.807) is 29.2 Å². The van der Waals surface area contributed by atoms with Gasteiger partial charge in [-0.25, -0.2) is 4.79 Å². The number of carbonyl (C=O) groups excluding carboxylic acids is 1. The smallest absolute Gasteiger partial charge is 0.312 e. The summed E-state index contributed by atoms with van der Waals surface area (Å²) in [4.78, 5) is 15.0. The van der Waals surface area contributed by atoms with Crippen LogP contribution in [0.4, 0.5) is 16.2 Å². The maximum absolute atomic E-state index is 13.3. The fraction of sp³-hybridized carbons (Fsp3) is 0.259. The molecule has 2 N–H and O–H groups in total. The fourth-order valence-corrected chi connectivity index (χ4v) is 4.80. The molecule has 0 bridgehead atoms. The number of halogens is 2. The highest BCUT2D eigenvalue weighted by Crippen LogP contribution is 2.26. The fourth-order valence-electron chi connectivity index (χ4n) is 4.28. The van der Waals surface area contributed by atoms with Crippen molar-refractivity contribution in [3.8, 4) is 17.2 Å². The van der Waals surface area contributed by atoms with Crippen molar-refractivity contribution in [3.05, 3.63) is 82.3 Å². The molecule has 1 aliphatic rings. The molecule has 4 rings (SSSR count). The van der Waals surface area contributed by atoms with Gasteiger partial charge in [-0.15, -0.1) is 0 Å². The Morgan fingerprint density at radius 3 is 2.35 bits per heavy atom. The molecule has 0 unspecified atom stereocenters. The van der Waals surface area contributed by atoms with Crippen molar-refractivity contribution in [2.45, 2.75) is 31.7 Å². The van der Waals surface area contributed by atoms with Crippen LogP contribution in [0.5, 0.6) is 0 Å². The summed E-state index contributed by atoms with van der Waals surface area (Å²) in [5.41, 5.74) is 3.87. The van der Waals surface area contributed by atoms with Crippen molar-refractivity contribution >= 4 is 40.6 Å². The molecule has 0 atom stereocenters. The normalized spacial score (nSPS) is 13.4. The van der Waals surface area contributed by atoms with Crippen LogP contribution in [0.25, 0.3) is 11.1 Å². The Bertz CT molecular complexity index is 1160. The molecular weight excluding hydrogens is 467 g/mol. The zero-order chi connectivity index (χ0) is 23.9. The van der Waals surface area contributed by atoms with Gasteiger partial charge in [-0.3, -0.25) is 4.90 Å². The molecule has 0 aliphatic heterocycles. The van der Waals surface area contributed by atoms with Gasteiger partial charge in [0.15, 0.2) is 0 Å². The summed E-state index contributed by atoms with van der Waals surface area (Å²) in [6.07, 6.45) is 4.88. The number of nitrogens with one attached hydrogen (secondary N) is 2. The molecule has 1 fully saturated rings. The number of benzene rings is 3. The van der Waals surface area contributed by atoms with Gasteiger partial charge in [-0.1, -0.05) is 60.3 Å². The van der Waals surface area contributed by atoms with Crippen molar-refractivity contribution in [2.75, 3.05) is 23.3 Å². The summed E-state index contributed by atoms with van der Waals surface area (Å²) in [5, 5.41) is 16.6. The molecule has 7 heteroatoms. The lowest BCUT2D eigenvalue weighted by Crippen LogP contribution is -2.41. The van der Waals surface area contributed by atoms with Crippen LogP contribution in [0.3, 0.4) is 0 Å². The van der Waals surface area contributed by atoms with Crippen LogP contribution in [-0.2, 0) is 0 Å². The van der Waals surface area contributed by atoms with E-state index in [0.717, 1.165) is 16.8 Å². The van der Waals surface area contributed by atoms with Crippen LogP contribution < -0.4 is 15.5 Å². The molecule has 0 aromatic heterocycles. The number of nitrogens with zero attached hydrogens (tertiary/aromatic N) is 2. The van der Waals surface area contributed by atoms with Gasteiger partial charge in [0.25, 0.3) is 0 Å². The predicted molar refractivity (Wildman–Crippen MR) is 140 cm³/mol. The maximum atomic E-state index is 13.3. The van der Waals surface area contributed by atoms with Gasteiger partial charge < -0.3 is 10.6 Å². The summed E-state index contributed by atoms with van der Waals surface area (Å²) < 4.78 is 0. The molecule has 0 heterocycles. The lowest BCUT2D eigenvalue weighted by atomic mass is 10.0. The van der Waals surface area contributed by atoms with Crippen molar-refractivity contribution < 1.29 is 4.79 Å². The number of nitriles is 1. The highest BCUT2D eigenvalue weighted by atomic mass is 35.5. The topological polar surface area (TPSA) is 68.2 Å². The van der Waals surface area contributed by atoms with Gasteiger partial charge in [0, 0.05) is 40.6 Å². The van der Waals surface area contributed by atoms with E-state index in [0.29, 0.717) is 40.4 Å². The average molecular weight is 493 g/mol. The first-order valence-electron chi connectivity index (χ1n) is 11.4. The Labute approximate surface area is 210 Å². The summed E-state index contributed by atoms with van der Waals surface area (Å²) in [6, 6.07) is 22.7. The molecule has 0 spiro atoms. The van der Waals surface area contributed by atoms with Gasteiger partial charge in [0.2, 0.25) is 0 Å². The van der Waals surface area contributed by atoms with Crippen molar-refractivity contribution in [3.63, 3.8) is 0 Å². The second-order valence-corrected chi connectivity index (χ2v) is 9.29. The first-order chi connectivity index (χ1) is 16.5. The standard InChI is InChI=1S/C27H26Cl2N4O/c28-22-15-23(29)17-25(16-22)32-27(34)33(13-12-31-24-6-1-2-7-24)26-10-8-20(9-11-26)21-5-3-4-19(14-21)18-30/h3-5,8-11,14-17,24,31H,1-2,6-7,12-13H2,(H,32,34). The zero-order valence-corrected chi connectivity index (χ0v) is 20.2. The predicted octanol–water partition coefficient (Wildman–Crippen LogP) is 7.10. The minimum absolute atomic E-state index is 0.259. The van der Waals surface area contributed by atoms with Gasteiger partial charge in [-0.2, -0.15) is 5.26 Å². The SMILES string of the molecule is N#Cc1cccc(-c2ccc(N(CCNC3CCCC3)C(=O)Nc3cc(Cl)cc(Cl)c3)cc2)c1. The zero-order valence-electron chi connectivity index (χ0n) is 18.7. The third kappa shape index (κ3) is 6.30. The Morgan fingerprint density at radius 1 is 0.971 bits per heavy atom. The van der Waals surface area contributed by atoms with Gasteiger partial charge >= 0.3 is 6.03 Å². The lowest BCUT2D eigenvalue weighted by molar-refractivity contribution is 0.256. The summed E-state index contributed by atoms with van der Waals surface area (Å²) in [5.74, 6) is 0. The van der Waals surface area contributed by atoms with Crippen LogP contribution in [0.1, 0.15) is 31.2 Å². The summed E-state index contributed by atoms with van der Waals surface area (Å²) >= 11 is 12.2. The Balaban J connectivity index is 1.53. The van der Waals surface area contributed by atoms with Crippen LogP contribution >= 0.6 is 23.2 Å². The van der Waals surface area contributed by atoms with Crippen LogP contribution in [0.15, 0.2) is 66.7 Å².